The molecule has 2 saturated heterocycles. The molecule has 0 aromatic heterocycles. The van der Waals surface area contributed by atoms with E-state index < -0.39 is 0 Å². The van der Waals surface area contributed by atoms with Crippen LogP contribution in [0.15, 0.2) is 29.3 Å². The lowest BCUT2D eigenvalue weighted by atomic mass is 10.1. The van der Waals surface area contributed by atoms with Crippen LogP contribution in [0.2, 0.25) is 0 Å². The van der Waals surface area contributed by atoms with Crippen LogP contribution in [0, 0.1) is 0 Å². The smallest absolute Gasteiger partial charge is 0.191 e. The Morgan fingerprint density at radius 2 is 1.79 bits per heavy atom. The molecule has 1 aromatic rings. The lowest BCUT2D eigenvalue weighted by molar-refractivity contribution is -0.0161. The highest BCUT2D eigenvalue weighted by atomic mass is 127. The van der Waals surface area contributed by atoms with Gasteiger partial charge in [-0.25, -0.2) is 4.99 Å². The Labute approximate surface area is 193 Å². The fourth-order valence-corrected chi connectivity index (χ4v) is 3.84. The number of hydrogen-bond donors (Lipinski definition) is 2. The van der Waals surface area contributed by atoms with Gasteiger partial charge in [0.25, 0.3) is 0 Å². The summed E-state index contributed by atoms with van der Waals surface area (Å²) in [6.07, 6.45) is 4.29. The van der Waals surface area contributed by atoms with Gasteiger partial charge in [-0.05, 0) is 51.0 Å². The molecular formula is C22H38IN5O. The van der Waals surface area contributed by atoms with Gasteiger partial charge in [-0.2, -0.15) is 0 Å². The van der Waals surface area contributed by atoms with Crippen LogP contribution in [0.3, 0.4) is 0 Å². The van der Waals surface area contributed by atoms with E-state index in [0.29, 0.717) is 6.54 Å². The second kappa shape index (κ2) is 13.4. The van der Waals surface area contributed by atoms with E-state index in [2.05, 4.69) is 58.7 Å². The van der Waals surface area contributed by atoms with Crippen molar-refractivity contribution >= 4 is 29.9 Å². The lowest BCUT2D eigenvalue weighted by Crippen LogP contribution is -2.48. The Morgan fingerprint density at radius 1 is 1.07 bits per heavy atom. The quantitative estimate of drug-likeness (QED) is 0.333. The van der Waals surface area contributed by atoms with Crippen LogP contribution in [0.4, 0.5) is 0 Å². The second-order valence-corrected chi connectivity index (χ2v) is 7.98. The van der Waals surface area contributed by atoms with Crippen molar-refractivity contribution in [2.45, 2.75) is 45.4 Å². The molecule has 29 heavy (non-hydrogen) atoms. The van der Waals surface area contributed by atoms with Crippen LogP contribution in [0.25, 0.3) is 0 Å². The zero-order chi connectivity index (χ0) is 19.6. The predicted molar refractivity (Wildman–Crippen MR) is 131 cm³/mol. The first-order chi connectivity index (χ1) is 13.7. The van der Waals surface area contributed by atoms with E-state index in [9.17, 15) is 0 Å². The molecule has 0 radical (unpaired) electrons. The van der Waals surface area contributed by atoms with Crippen molar-refractivity contribution in [1.29, 1.82) is 0 Å². The Bertz CT molecular complexity index is 604. The number of likely N-dealkylation sites (tertiary alicyclic amines) is 1. The Hall–Kier alpha value is -0.900. The van der Waals surface area contributed by atoms with Gasteiger partial charge in [0, 0.05) is 32.7 Å². The minimum absolute atomic E-state index is 0. The number of ether oxygens (including phenoxy) is 1. The molecule has 1 atom stereocenters. The summed E-state index contributed by atoms with van der Waals surface area (Å²) < 4.78 is 5.82. The predicted octanol–water partition coefficient (Wildman–Crippen LogP) is 2.68. The highest BCUT2D eigenvalue weighted by molar-refractivity contribution is 14.0. The number of halogens is 1. The standard InChI is InChI=1S/C22H37N5O.HI/c1-3-23-22(25-16-21-18-26(2)13-14-28-21)24-15-19-7-9-20(10-8-19)17-27-11-5-4-6-12-27;/h7-10,21H,3-6,11-18H2,1-2H3,(H2,23,24,25);1H. The van der Waals surface area contributed by atoms with Crippen molar-refractivity contribution in [2.24, 2.45) is 4.99 Å². The number of piperidine rings is 1. The van der Waals surface area contributed by atoms with Crippen molar-refractivity contribution in [3.05, 3.63) is 35.4 Å². The first-order valence-corrected chi connectivity index (χ1v) is 10.9. The third-order valence-electron chi connectivity index (χ3n) is 5.48. The Balaban J connectivity index is 0.00000300. The first-order valence-electron chi connectivity index (χ1n) is 10.9. The van der Waals surface area contributed by atoms with Crippen LogP contribution in [0.1, 0.15) is 37.3 Å². The third-order valence-corrected chi connectivity index (χ3v) is 5.48. The zero-order valence-corrected chi connectivity index (χ0v) is 20.4. The maximum absolute atomic E-state index is 5.82. The summed E-state index contributed by atoms with van der Waals surface area (Å²) in [6.45, 7) is 10.8. The number of likely N-dealkylation sites (N-methyl/N-ethyl adjacent to an activating group) is 1. The Morgan fingerprint density at radius 3 is 2.48 bits per heavy atom. The van der Waals surface area contributed by atoms with E-state index in [1.807, 2.05) is 0 Å². The van der Waals surface area contributed by atoms with Gasteiger partial charge >= 0.3 is 0 Å². The van der Waals surface area contributed by atoms with E-state index in [0.717, 1.165) is 45.3 Å². The summed E-state index contributed by atoms with van der Waals surface area (Å²) in [7, 11) is 2.14. The van der Waals surface area contributed by atoms with Crippen molar-refractivity contribution in [1.82, 2.24) is 20.4 Å². The van der Waals surface area contributed by atoms with Crippen LogP contribution in [0.5, 0.6) is 0 Å². The maximum atomic E-state index is 5.82. The molecule has 3 rings (SSSR count). The van der Waals surface area contributed by atoms with Crippen molar-refractivity contribution in [2.75, 3.05) is 52.9 Å². The van der Waals surface area contributed by atoms with E-state index >= 15 is 0 Å². The molecule has 2 aliphatic rings. The molecule has 2 aliphatic heterocycles. The van der Waals surface area contributed by atoms with Gasteiger partial charge in [-0.15, -0.1) is 24.0 Å². The van der Waals surface area contributed by atoms with E-state index in [1.165, 1.54) is 43.5 Å². The molecule has 0 spiro atoms. The first kappa shape index (κ1) is 24.4. The number of nitrogens with one attached hydrogen (secondary N) is 2. The number of nitrogens with zero attached hydrogens (tertiary/aromatic N) is 3. The summed E-state index contributed by atoms with van der Waals surface area (Å²) in [5.74, 6) is 0.858. The summed E-state index contributed by atoms with van der Waals surface area (Å²) in [5.41, 5.74) is 2.64. The summed E-state index contributed by atoms with van der Waals surface area (Å²) in [4.78, 5) is 9.62. The molecule has 0 aliphatic carbocycles. The monoisotopic (exact) mass is 515 g/mol. The number of hydrogen-bond acceptors (Lipinski definition) is 4. The molecule has 2 fully saturated rings. The second-order valence-electron chi connectivity index (χ2n) is 7.98. The minimum Gasteiger partial charge on any atom is -0.374 e. The summed E-state index contributed by atoms with van der Waals surface area (Å²) in [5, 5.41) is 6.76. The van der Waals surface area contributed by atoms with Gasteiger partial charge < -0.3 is 20.3 Å². The molecule has 1 aromatic carbocycles. The van der Waals surface area contributed by atoms with E-state index in [1.54, 1.807) is 0 Å². The topological polar surface area (TPSA) is 52.1 Å². The van der Waals surface area contributed by atoms with Gasteiger partial charge in [0.2, 0.25) is 0 Å². The molecular weight excluding hydrogens is 477 g/mol. The van der Waals surface area contributed by atoms with Gasteiger partial charge in [-0.1, -0.05) is 30.7 Å². The summed E-state index contributed by atoms with van der Waals surface area (Å²) in [6, 6.07) is 8.94. The molecule has 6 nitrogen and oxygen atoms in total. The number of guanidine groups is 1. The highest BCUT2D eigenvalue weighted by Gasteiger charge is 2.17. The summed E-state index contributed by atoms with van der Waals surface area (Å²) >= 11 is 0. The number of benzene rings is 1. The van der Waals surface area contributed by atoms with Crippen LogP contribution in [-0.4, -0.2) is 74.8 Å². The van der Waals surface area contributed by atoms with Crippen molar-refractivity contribution in [3.8, 4) is 0 Å². The number of rotatable bonds is 7. The fourth-order valence-electron chi connectivity index (χ4n) is 3.84. The number of morpholine rings is 1. The molecule has 164 valence electrons. The van der Waals surface area contributed by atoms with Crippen LogP contribution >= 0.6 is 24.0 Å². The molecule has 0 bridgehead atoms. The number of aliphatic imine (C=N–C) groups is 1. The highest BCUT2D eigenvalue weighted by Crippen LogP contribution is 2.14. The van der Waals surface area contributed by atoms with E-state index in [-0.39, 0.29) is 30.1 Å². The van der Waals surface area contributed by atoms with Gasteiger partial charge in [0.15, 0.2) is 5.96 Å². The van der Waals surface area contributed by atoms with Gasteiger partial charge in [-0.3, -0.25) is 4.90 Å². The van der Waals surface area contributed by atoms with Crippen molar-refractivity contribution < 1.29 is 4.74 Å². The minimum atomic E-state index is 0. The SMILES string of the molecule is CCNC(=NCc1ccc(CN2CCCCC2)cc1)NCC1CN(C)CCO1.I. The lowest BCUT2D eigenvalue weighted by Gasteiger charge is -2.30. The van der Waals surface area contributed by atoms with Crippen molar-refractivity contribution in [3.63, 3.8) is 0 Å². The van der Waals surface area contributed by atoms with E-state index in [4.69, 9.17) is 9.73 Å². The fraction of sp³-hybridized carbons (Fsp3) is 0.682. The Kier molecular flexibility index (Phi) is 11.3. The molecule has 2 heterocycles. The van der Waals surface area contributed by atoms with Gasteiger partial charge in [0.1, 0.15) is 0 Å². The van der Waals surface area contributed by atoms with Crippen LogP contribution in [-0.2, 0) is 17.8 Å². The largest absolute Gasteiger partial charge is 0.374 e. The molecule has 7 heteroatoms. The average molecular weight is 515 g/mol. The third kappa shape index (κ3) is 8.78. The molecule has 2 N–H and O–H groups in total. The maximum Gasteiger partial charge on any atom is 0.191 e. The normalized spacial score (nSPS) is 21.4. The molecule has 0 amide bonds. The molecule has 0 saturated carbocycles. The van der Waals surface area contributed by atoms with Gasteiger partial charge in [0.05, 0.1) is 19.3 Å². The van der Waals surface area contributed by atoms with Crippen LogP contribution < -0.4 is 10.6 Å². The zero-order valence-electron chi connectivity index (χ0n) is 18.0. The average Bonchev–Trinajstić information content (AvgIpc) is 2.72. The molecule has 1 unspecified atom stereocenters.